The van der Waals surface area contributed by atoms with Crippen molar-refractivity contribution in [1.29, 1.82) is 0 Å². The van der Waals surface area contributed by atoms with E-state index in [1.54, 1.807) is 13.8 Å². The van der Waals surface area contributed by atoms with Gasteiger partial charge in [0.25, 0.3) is 0 Å². The van der Waals surface area contributed by atoms with Gasteiger partial charge < -0.3 is 38.3 Å². The number of aliphatic hydroxyl groups is 1. The zero-order chi connectivity index (χ0) is 21.9. The van der Waals surface area contributed by atoms with Gasteiger partial charge in [0.1, 0.15) is 18.1 Å². The second-order valence-electron chi connectivity index (χ2n) is 6.58. The fraction of sp³-hybridized carbons (Fsp3) is 0.688. The van der Waals surface area contributed by atoms with Crippen molar-refractivity contribution in [2.24, 2.45) is 28.1 Å². The van der Waals surface area contributed by atoms with Gasteiger partial charge in [-0.1, -0.05) is 13.8 Å². The van der Waals surface area contributed by atoms with Crippen LogP contribution in [-0.4, -0.2) is 66.0 Å². The smallest absolute Gasteiger partial charge is 0.245 e. The number of hydrogen-bond acceptors (Lipinski definition) is 6. The molecule has 0 aliphatic rings. The number of hydrogen-bond donors (Lipinski definition) is 7. The van der Waals surface area contributed by atoms with Crippen LogP contribution in [0.4, 0.5) is 0 Å². The van der Waals surface area contributed by atoms with E-state index in [0.717, 1.165) is 0 Å². The van der Waals surface area contributed by atoms with Crippen LogP contribution in [0.5, 0.6) is 0 Å². The van der Waals surface area contributed by atoms with Gasteiger partial charge in [-0.15, -0.1) is 0 Å². The Morgan fingerprint density at radius 2 is 1.54 bits per heavy atom. The number of rotatable bonds is 12. The lowest BCUT2D eigenvalue weighted by Crippen LogP contribution is -2.58. The summed E-state index contributed by atoms with van der Waals surface area (Å²) in [7, 11) is 0. The standard InChI is InChI=1S/C16H31N7O5/c1-8(2)12(13(17)26)23-15(28)11(7-24)22-14(27)10(21-9(3)25)5-4-6-20-16(18)19/h8,10-12,24H,4-7H2,1-3H3,(H2,17,26)(H,21,25)(H,22,27)(H,23,28)(H4,18,19,20)/t10-,11-,12-/m0/s1. The third-order valence-corrected chi connectivity index (χ3v) is 3.73. The van der Waals surface area contributed by atoms with Crippen LogP contribution in [0.1, 0.15) is 33.6 Å². The Bertz CT molecular complexity index is 590. The summed E-state index contributed by atoms with van der Waals surface area (Å²) in [5, 5.41) is 16.7. The first-order chi connectivity index (χ1) is 13.0. The van der Waals surface area contributed by atoms with E-state index in [1.165, 1.54) is 6.92 Å². The van der Waals surface area contributed by atoms with Crippen molar-refractivity contribution < 1.29 is 24.3 Å². The van der Waals surface area contributed by atoms with Crippen molar-refractivity contribution in [1.82, 2.24) is 16.0 Å². The molecule has 0 saturated carbocycles. The quantitative estimate of drug-likeness (QED) is 0.1000. The number of carbonyl (C=O) groups is 4. The van der Waals surface area contributed by atoms with E-state index >= 15 is 0 Å². The minimum absolute atomic E-state index is 0.0910. The number of guanidine groups is 1. The third kappa shape index (κ3) is 9.71. The molecule has 0 aromatic carbocycles. The molecule has 28 heavy (non-hydrogen) atoms. The van der Waals surface area contributed by atoms with Crippen molar-refractivity contribution in [3.8, 4) is 0 Å². The molecular formula is C16H31N7O5. The maximum absolute atomic E-state index is 12.4. The topological polar surface area (TPSA) is 215 Å². The molecule has 160 valence electrons. The summed E-state index contributed by atoms with van der Waals surface area (Å²) in [6, 6.07) is -3.23. The van der Waals surface area contributed by atoms with Crippen LogP contribution >= 0.6 is 0 Å². The molecule has 0 spiro atoms. The minimum Gasteiger partial charge on any atom is -0.394 e. The summed E-state index contributed by atoms with van der Waals surface area (Å²) < 4.78 is 0. The van der Waals surface area contributed by atoms with Crippen molar-refractivity contribution in [2.75, 3.05) is 13.2 Å². The van der Waals surface area contributed by atoms with E-state index in [9.17, 15) is 24.3 Å². The highest BCUT2D eigenvalue weighted by Crippen LogP contribution is 2.03. The van der Waals surface area contributed by atoms with Crippen LogP contribution in [0.25, 0.3) is 0 Å². The number of aliphatic hydroxyl groups excluding tert-OH is 1. The SMILES string of the molecule is CC(=O)N[C@@H](CCCN=C(N)N)C(=O)N[C@@H](CO)C(=O)N[C@H](C(N)=O)C(C)C. The Kier molecular flexibility index (Phi) is 11.2. The average molecular weight is 401 g/mol. The van der Waals surface area contributed by atoms with Gasteiger partial charge in [-0.05, 0) is 18.8 Å². The molecule has 0 saturated heterocycles. The molecule has 0 aliphatic carbocycles. The Balaban J connectivity index is 5.01. The lowest BCUT2D eigenvalue weighted by molar-refractivity contribution is -0.134. The molecule has 0 aromatic rings. The molecule has 4 amide bonds. The number of primary amides is 1. The zero-order valence-corrected chi connectivity index (χ0v) is 16.4. The van der Waals surface area contributed by atoms with Gasteiger partial charge in [0.15, 0.2) is 5.96 Å². The molecule has 10 N–H and O–H groups in total. The molecule has 0 heterocycles. The first-order valence-corrected chi connectivity index (χ1v) is 8.83. The van der Waals surface area contributed by atoms with E-state index in [2.05, 4.69) is 20.9 Å². The maximum Gasteiger partial charge on any atom is 0.245 e. The molecule has 0 fully saturated rings. The second-order valence-corrected chi connectivity index (χ2v) is 6.58. The molecule has 0 radical (unpaired) electrons. The number of nitrogens with two attached hydrogens (primary N) is 3. The minimum atomic E-state index is -1.32. The molecule has 0 bridgehead atoms. The molecule has 3 atom stereocenters. The van der Waals surface area contributed by atoms with Gasteiger partial charge in [0.05, 0.1) is 6.61 Å². The second kappa shape index (κ2) is 12.5. The normalized spacial score (nSPS) is 13.8. The summed E-state index contributed by atoms with van der Waals surface area (Å²) in [4.78, 5) is 51.3. The van der Waals surface area contributed by atoms with Gasteiger partial charge in [-0.3, -0.25) is 24.2 Å². The molecule has 12 nitrogen and oxygen atoms in total. The highest BCUT2D eigenvalue weighted by Gasteiger charge is 2.29. The summed E-state index contributed by atoms with van der Waals surface area (Å²) >= 11 is 0. The van der Waals surface area contributed by atoms with Gasteiger partial charge in [-0.2, -0.15) is 0 Å². The fourth-order valence-corrected chi connectivity index (χ4v) is 2.30. The molecule has 0 aliphatic heterocycles. The summed E-state index contributed by atoms with van der Waals surface area (Å²) in [5.74, 6) is -2.99. The molecule has 12 heteroatoms. The van der Waals surface area contributed by atoms with Crippen LogP contribution in [0.15, 0.2) is 4.99 Å². The maximum atomic E-state index is 12.4. The first kappa shape index (κ1) is 25.1. The summed E-state index contributed by atoms with van der Waals surface area (Å²) in [6.45, 7) is 4.16. The van der Waals surface area contributed by atoms with E-state index in [-0.39, 0.29) is 24.8 Å². The van der Waals surface area contributed by atoms with Gasteiger partial charge >= 0.3 is 0 Å². The Morgan fingerprint density at radius 3 is 1.96 bits per heavy atom. The first-order valence-electron chi connectivity index (χ1n) is 8.83. The van der Waals surface area contributed by atoms with E-state index < -0.39 is 48.4 Å². The summed E-state index contributed by atoms with van der Waals surface area (Å²) in [5.41, 5.74) is 15.7. The number of amides is 4. The van der Waals surface area contributed by atoms with Gasteiger partial charge in [0, 0.05) is 13.5 Å². The van der Waals surface area contributed by atoms with E-state index in [0.29, 0.717) is 6.42 Å². The third-order valence-electron chi connectivity index (χ3n) is 3.73. The number of nitrogens with zero attached hydrogens (tertiary/aromatic N) is 1. The van der Waals surface area contributed by atoms with Crippen molar-refractivity contribution in [3.63, 3.8) is 0 Å². The Morgan fingerprint density at radius 1 is 0.964 bits per heavy atom. The van der Waals surface area contributed by atoms with Crippen LogP contribution in [0, 0.1) is 5.92 Å². The van der Waals surface area contributed by atoms with Crippen LogP contribution in [-0.2, 0) is 19.2 Å². The number of aliphatic imine (C=N–C) groups is 1. The highest BCUT2D eigenvalue weighted by molar-refractivity contribution is 5.93. The Hall–Kier alpha value is -2.89. The van der Waals surface area contributed by atoms with Crippen LogP contribution in [0.2, 0.25) is 0 Å². The largest absolute Gasteiger partial charge is 0.394 e. The van der Waals surface area contributed by atoms with Gasteiger partial charge in [0.2, 0.25) is 23.6 Å². The monoisotopic (exact) mass is 401 g/mol. The highest BCUT2D eigenvalue weighted by atomic mass is 16.3. The van der Waals surface area contributed by atoms with E-state index in [1.807, 2.05) is 0 Å². The zero-order valence-electron chi connectivity index (χ0n) is 16.4. The molecular weight excluding hydrogens is 370 g/mol. The predicted molar refractivity (Wildman–Crippen MR) is 102 cm³/mol. The van der Waals surface area contributed by atoms with Crippen LogP contribution in [0.3, 0.4) is 0 Å². The Labute approximate surface area is 163 Å². The molecule has 0 aromatic heterocycles. The predicted octanol–water partition coefficient (Wildman–Crippen LogP) is -3.35. The number of nitrogens with one attached hydrogen (secondary N) is 3. The van der Waals surface area contributed by atoms with Crippen molar-refractivity contribution in [3.05, 3.63) is 0 Å². The lowest BCUT2D eigenvalue weighted by Gasteiger charge is -2.24. The summed E-state index contributed by atoms with van der Waals surface area (Å²) in [6.07, 6.45) is 0.598. The van der Waals surface area contributed by atoms with E-state index in [4.69, 9.17) is 17.2 Å². The molecule has 0 rings (SSSR count). The average Bonchev–Trinajstić information content (AvgIpc) is 2.58. The van der Waals surface area contributed by atoms with Gasteiger partial charge in [-0.25, -0.2) is 0 Å². The number of carbonyl (C=O) groups excluding carboxylic acids is 4. The van der Waals surface area contributed by atoms with Crippen molar-refractivity contribution >= 4 is 29.6 Å². The fourth-order valence-electron chi connectivity index (χ4n) is 2.30. The van der Waals surface area contributed by atoms with Crippen LogP contribution < -0.4 is 33.2 Å². The lowest BCUT2D eigenvalue weighted by atomic mass is 10.0. The van der Waals surface area contributed by atoms with Crippen molar-refractivity contribution in [2.45, 2.75) is 51.7 Å². The molecule has 0 unspecified atom stereocenters.